The number of rotatable bonds is 6. The average Bonchev–Trinajstić information content (AvgIpc) is 2.88. The molecule has 1 aliphatic carbocycles. The lowest BCUT2D eigenvalue weighted by atomic mass is 9.82. The zero-order chi connectivity index (χ0) is 29.0. The molecule has 4 radical (unpaired) electrons. The van der Waals surface area contributed by atoms with E-state index in [9.17, 15) is 26.4 Å². The second-order valence-corrected chi connectivity index (χ2v) is 12.5. The summed E-state index contributed by atoms with van der Waals surface area (Å²) < 4.78 is 49.2. The number of anilines is 4. The Bertz CT molecular complexity index is 1830. The highest BCUT2D eigenvalue weighted by molar-refractivity contribution is 8.12. The fraction of sp³-hybridized carbons (Fsp3) is 0.0714. The Hall–Kier alpha value is -4.15. The minimum atomic E-state index is -4.14. The van der Waals surface area contributed by atoms with Gasteiger partial charge in [0.25, 0.3) is 14.2 Å². The molecule has 12 heteroatoms. The van der Waals surface area contributed by atoms with Crippen LogP contribution in [-0.2, 0) is 19.4 Å². The number of carbonyl (C=O) groups is 2. The lowest BCUT2D eigenvalue weighted by molar-refractivity contribution is 0.0980. The van der Waals surface area contributed by atoms with Gasteiger partial charge in [-0.1, -0.05) is 36.4 Å². The summed E-state index contributed by atoms with van der Waals surface area (Å²) in [5, 5.41) is 5.95. The molecule has 0 heterocycles. The van der Waals surface area contributed by atoms with Gasteiger partial charge in [0.15, 0.2) is 11.6 Å². The van der Waals surface area contributed by atoms with Gasteiger partial charge >= 0.3 is 0 Å². The molecule has 0 unspecified atom stereocenters. The Balaban J connectivity index is 1.73. The molecule has 0 spiro atoms. The van der Waals surface area contributed by atoms with Crippen molar-refractivity contribution in [1.82, 2.24) is 0 Å². The van der Waals surface area contributed by atoms with Crippen LogP contribution in [0.1, 0.15) is 43.0 Å². The Morgan fingerprint density at radius 2 is 0.900 bits per heavy atom. The minimum absolute atomic E-state index is 0.0149. The van der Waals surface area contributed by atoms with Crippen molar-refractivity contribution in [2.45, 2.75) is 23.6 Å². The van der Waals surface area contributed by atoms with Gasteiger partial charge in [-0.3, -0.25) is 9.59 Å². The highest BCUT2D eigenvalue weighted by Gasteiger charge is 2.34. The summed E-state index contributed by atoms with van der Waals surface area (Å²) in [4.78, 5) is 27.2. The van der Waals surface area contributed by atoms with E-state index in [-0.39, 0.29) is 54.8 Å². The van der Waals surface area contributed by atoms with Crippen LogP contribution in [0.3, 0.4) is 0 Å². The molecule has 0 saturated heterocycles. The first-order valence-corrected chi connectivity index (χ1v) is 15.0. The molecule has 0 fully saturated rings. The number of fused-ring (bicyclic) bond motifs is 2. The van der Waals surface area contributed by atoms with Crippen molar-refractivity contribution in [3.63, 3.8) is 0 Å². The van der Waals surface area contributed by atoms with Crippen molar-refractivity contribution in [3.8, 4) is 0 Å². The SMILES string of the molecule is [B]S(=O)(=O)c1cc(C)ccc1Nc1ccc(Nc2ccc(C)cc2S([B])(=O)=O)c2c1C(=O)c1ccccc1C2=O. The van der Waals surface area contributed by atoms with Crippen LogP contribution >= 0.6 is 0 Å². The smallest absolute Gasteiger partial charge is 0.262 e. The fourth-order valence-electron chi connectivity index (χ4n) is 4.66. The fourth-order valence-corrected chi connectivity index (χ4v) is 6.21. The van der Waals surface area contributed by atoms with Gasteiger partial charge < -0.3 is 10.6 Å². The summed E-state index contributed by atoms with van der Waals surface area (Å²) in [5.41, 5.74) is 2.19. The van der Waals surface area contributed by atoms with Gasteiger partial charge in [0.2, 0.25) is 0 Å². The van der Waals surface area contributed by atoms with Crippen LogP contribution in [0.25, 0.3) is 0 Å². The van der Waals surface area contributed by atoms with Crippen molar-refractivity contribution in [3.05, 3.63) is 106 Å². The second kappa shape index (κ2) is 9.79. The predicted octanol–water partition coefficient (Wildman–Crippen LogP) is 4.28. The van der Waals surface area contributed by atoms with Gasteiger partial charge in [-0.25, -0.2) is 16.8 Å². The van der Waals surface area contributed by atoms with Crippen LogP contribution in [0.15, 0.2) is 82.6 Å². The first kappa shape index (κ1) is 27.4. The number of carbonyl (C=O) groups excluding carboxylic acids is 2. The summed E-state index contributed by atoms with van der Waals surface area (Å²) in [6.45, 7) is 3.42. The molecule has 8 nitrogen and oxygen atoms in total. The van der Waals surface area contributed by atoms with Crippen LogP contribution in [0.4, 0.5) is 22.7 Å². The second-order valence-electron chi connectivity index (χ2n) is 9.45. The molecular formula is C28H20B2N2O6S2. The van der Waals surface area contributed by atoms with Gasteiger partial charge in [-0.2, -0.15) is 0 Å². The van der Waals surface area contributed by atoms with E-state index in [0.717, 1.165) is 0 Å². The highest BCUT2D eigenvalue weighted by atomic mass is 32.2. The topological polar surface area (TPSA) is 126 Å². The van der Waals surface area contributed by atoms with Crippen LogP contribution in [-0.4, -0.2) is 42.7 Å². The molecule has 40 heavy (non-hydrogen) atoms. The van der Waals surface area contributed by atoms with E-state index in [1.165, 1.54) is 48.5 Å². The lowest BCUT2D eigenvalue weighted by Crippen LogP contribution is -2.23. The van der Waals surface area contributed by atoms with Gasteiger partial charge in [0, 0.05) is 11.1 Å². The van der Waals surface area contributed by atoms with E-state index in [4.69, 9.17) is 14.2 Å². The standard InChI is InChI=1S/C28H20B2N2O6S2/c1-15-7-9-19(23(13-15)39(29,35)36)31-21-11-12-22(32-20-10-8-16(2)14-24(20)40(30,37)38)26-25(21)27(33)17-5-3-4-6-18(17)28(26)34/h3-14,31-32H,1-2H3. The maximum absolute atomic E-state index is 13.8. The third-order valence-electron chi connectivity index (χ3n) is 6.50. The number of nitrogens with one attached hydrogen (secondary N) is 2. The van der Waals surface area contributed by atoms with Crippen molar-refractivity contribution in [2.24, 2.45) is 0 Å². The molecule has 4 aromatic carbocycles. The van der Waals surface area contributed by atoms with E-state index in [1.54, 1.807) is 38.1 Å². The van der Waals surface area contributed by atoms with Gasteiger partial charge in [-0.15, -0.1) is 0 Å². The van der Waals surface area contributed by atoms with Crippen LogP contribution in [0.5, 0.6) is 0 Å². The molecule has 1 aliphatic rings. The Morgan fingerprint density at radius 3 is 1.25 bits per heavy atom. The van der Waals surface area contributed by atoms with E-state index >= 15 is 0 Å². The normalized spacial score (nSPS) is 12.9. The van der Waals surface area contributed by atoms with Crippen LogP contribution < -0.4 is 10.6 Å². The van der Waals surface area contributed by atoms with Gasteiger partial charge in [-0.05, 0) is 61.4 Å². The molecule has 0 amide bonds. The molecule has 0 saturated carbocycles. The summed E-state index contributed by atoms with van der Waals surface area (Å²) in [6, 6.07) is 18.5. The van der Waals surface area contributed by atoms with E-state index in [1.807, 2.05) is 0 Å². The molecule has 5 rings (SSSR count). The van der Waals surface area contributed by atoms with E-state index in [2.05, 4.69) is 10.6 Å². The minimum Gasteiger partial charge on any atom is -0.354 e. The van der Waals surface area contributed by atoms with Crippen LogP contribution in [0.2, 0.25) is 0 Å². The Labute approximate surface area is 234 Å². The van der Waals surface area contributed by atoms with E-state index in [0.29, 0.717) is 11.1 Å². The predicted molar refractivity (Wildman–Crippen MR) is 155 cm³/mol. The Morgan fingerprint density at radius 1 is 0.550 bits per heavy atom. The Kier molecular flexibility index (Phi) is 6.71. The largest absolute Gasteiger partial charge is 0.354 e. The third-order valence-corrected chi connectivity index (χ3v) is 8.40. The third kappa shape index (κ3) is 4.96. The summed E-state index contributed by atoms with van der Waals surface area (Å²) in [6.07, 6.45) is 0. The average molecular weight is 566 g/mol. The molecular weight excluding hydrogens is 546 g/mol. The zero-order valence-electron chi connectivity index (χ0n) is 21.3. The van der Waals surface area contributed by atoms with Crippen LogP contribution in [0, 0.1) is 13.8 Å². The molecule has 2 N–H and O–H groups in total. The van der Waals surface area contributed by atoms with Crippen molar-refractivity contribution < 1.29 is 26.4 Å². The molecule has 0 bridgehead atoms. The highest BCUT2D eigenvalue weighted by Crippen LogP contribution is 2.40. The maximum atomic E-state index is 13.8. The van der Waals surface area contributed by atoms with Gasteiger partial charge in [0.05, 0.1) is 43.7 Å². The molecule has 0 atom stereocenters. The number of ketones is 2. The molecule has 0 aliphatic heterocycles. The molecule has 4 aromatic rings. The summed E-state index contributed by atoms with van der Waals surface area (Å²) in [7, 11) is 2.61. The first-order valence-electron chi connectivity index (χ1n) is 11.9. The van der Waals surface area contributed by atoms with Crippen molar-refractivity contribution in [2.75, 3.05) is 10.6 Å². The lowest BCUT2D eigenvalue weighted by Gasteiger charge is -2.25. The number of hydrogen-bond donors (Lipinski definition) is 2. The number of benzene rings is 4. The van der Waals surface area contributed by atoms with E-state index < -0.39 is 30.9 Å². The van der Waals surface area contributed by atoms with Gasteiger partial charge in [0.1, 0.15) is 19.4 Å². The number of aryl methyl sites for hydroxylation is 2. The monoisotopic (exact) mass is 566 g/mol. The summed E-state index contributed by atoms with van der Waals surface area (Å²) in [5.74, 6) is -0.951. The zero-order valence-corrected chi connectivity index (χ0v) is 23.0. The summed E-state index contributed by atoms with van der Waals surface area (Å²) >= 11 is 0. The quantitative estimate of drug-likeness (QED) is 0.292. The maximum Gasteiger partial charge on any atom is 0.262 e. The van der Waals surface area contributed by atoms with Crippen molar-refractivity contribution >= 4 is 67.9 Å². The number of hydrogen-bond acceptors (Lipinski definition) is 8. The molecule has 0 aromatic heterocycles. The first-order chi connectivity index (χ1) is 18.8. The van der Waals surface area contributed by atoms with Crippen molar-refractivity contribution in [1.29, 1.82) is 0 Å². The molecule has 196 valence electrons.